The molecule has 16 heavy (non-hydrogen) atoms. The molecule has 0 spiro atoms. The lowest BCUT2D eigenvalue weighted by molar-refractivity contribution is -0.141. The van der Waals surface area contributed by atoms with Crippen molar-refractivity contribution in [3.63, 3.8) is 0 Å². The Morgan fingerprint density at radius 1 is 1.25 bits per heavy atom. The Morgan fingerprint density at radius 3 is 2.44 bits per heavy atom. The van der Waals surface area contributed by atoms with Crippen LogP contribution in [0.15, 0.2) is 4.79 Å². The van der Waals surface area contributed by atoms with E-state index in [1.807, 2.05) is 0 Å². The van der Waals surface area contributed by atoms with Gasteiger partial charge in [0, 0.05) is 0 Å². The van der Waals surface area contributed by atoms with Crippen LogP contribution in [0.4, 0.5) is 13.2 Å². The molecule has 1 aliphatic carbocycles. The van der Waals surface area contributed by atoms with Crippen LogP contribution in [-0.2, 0) is 19.0 Å². The van der Waals surface area contributed by atoms with Gasteiger partial charge < -0.3 is 4.98 Å². The van der Waals surface area contributed by atoms with Gasteiger partial charge in [-0.2, -0.15) is 18.4 Å². The van der Waals surface area contributed by atoms with Gasteiger partial charge in [0.25, 0.3) is 5.56 Å². The van der Waals surface area contributed by atoms with Crippen molar-refractivity contribution >= 4 is 0 Å². The van der Waals surface area contributed by atoms with Crippen LogP contribution in [-0.4, -0.2) is 4.98 Å². The summed E-state index contributed by atoms with van der Waals surface area (Å²) in [7, 11) is 0. The number of pyridine rings is 1. The largest absolute Gasteiger partial charge is 0.431 e. The Kier molecular flexibility index (Phi) is 2.26. The number of alkyl halides is 3. The number of nitriles is 1. The molecule has 0 saturated carbocycles. The highest BCUT2D eigenvalue weighted by Crippen LogP contribution is 2.35. The fourth-order valence-electron chi connectivity index (χ4n) is 2.04. The molecule has 0 aliphatic heterocycles. The first-order chi connectivity index (χ1) is 7.45. The molecule has 84 valence electrons. The second-order valence-corrected chi connectivity index (χ2v) is 3.62. The number of nitrogens with one attached hydrogen (secondary N) is 1. The molecule has 0 amide bonds. The van der Waals surface area contributed by atoms with Crippen LogP contribution in [0.25, 0.3) is 0 Å². The van der Waals surface area contributed by atoms with Crippen molar-refractivity contribution in [1.82, 2.24) is 4.98 Å². The molecule has 1 aromatic rings. The number of halogens is 3. The molecule has 0 atom stereocenters. The highest BCUT2D eigenvalue weighted by atomic mass is 19.4. The van der Waals surface area contributed by atoms with Gasteiger partial charge >= 0.3 is 6.18 Å². The normalized spacial score (nSPS) is 14.6. The molecule has 0 bridgehead atoms. The van der Waals surface area contributed by atoms with E-state index in [9.17, 15) is 18.0 Å². The minimum Gasteiger partial charge on any atom is -0.317 e. The topological polar surface area (TPSA) is 56.6 Å². The summed E-state index contributed by atoms with van der Waals surface area (Å²) in [6, 6.07) is 1.66. The van der Waals surface area contributed by atoms with Gasteiger partial charge in [-0.25, -0.2) is 0 Å². The van der Waals surface area contributed by atoms with E-state index in [-0.39, 0.29) is 23.1 Å². The Balaban J connectivity index is 2.78. The van der Waals surface area contributed by atoms with Crippen molar-refractivity contribution in [3.05, 3.63) is 32.7 Å². The molecule has 1 aliphatic rings. The summed E-state index contributed by atoms with van der Waals surface area (Å²) in [5, 5.41) is 8.73. The van der Waals surface area contributed by atoms with E-state index in [2.05, 4.69) is 0 Å². The summed E-state index contributed by atoms with van der Waals surface area (Å²) < 4.78 is 37.8. The van der Waals surface area contributed by atoms with Gasteiger partial charge in [0.05, 0.1) is 0 Å². The SMILES string of the molecule is N#Cc1c2c(c(C(F)(F)F)[nH]c1=O)CCC2. The zero-order valence-corrected chi connectivity index (χ0v) is 8.11. The molecule has 0 unspecified atom stereocenters. The molecule has 0 fully saturated rings. The first-order valence-electron chi connectivity index (χ1n) is 4.70. The molecule has 1 N–H and O–H groups in total. The third-order valence-corrected chi connectivity index (χ3v) is 2.68. The van der Waals surface area contributed by atoms with Crippen LogP contribution in [0.1, 0.15) is 28.8 Å². The molecule has 6 heteroatoms. The van der Waals surface area contributed by atoms with E-state index in [4.69, 9.17) is 5.26 Å². The lowest BCUT2D eigenvalue weighted by Gasteiger charge is -2.12. The smallest absolute Gasteiger partial charge is 0.317 e. The van der Waals surface area contributed by atoms with Crippen LogP contribution < -0.4 is 5.56 Å². The monoisotopic (exact) mass is 228 g/mol. The fourth-order valence-corrected chi connectivity index (χ4v) is 2.04. The van der Waals surface area contributed by atoms with Crippen LogP contribution in [0.2, 0.25) is 0 Å². The van der Waals surface area contributed by atoms with Crippen LogP contribution in [0.5, 0.6) is 0 Å². The number of hydrogen-bond donors (Lipinski definition) is 1. The maximum Gasteiger partial charge on any atom is 0.431 e. The van der Waals surface area contributed by atoms with E-state index < -0.39 is 17.4 Å². The lowest BCUT2D eigenvalue weighted by Crippen LogP contribution is -2.22. The van der Waals surface area contributed by atoms with Crippen LogP contribution >= 0.6 is 0 Å². The average Bonchev–Trinajstić information content (AvgIpc) is 2.63. The number of H-pyrrole nitrogens is 1. The van der Waals surface area contributed by atoms with Gasteiger partial charge in [0.15, 0.2) is 0 Å². The Labute approximate surface area is 88.5 Å². The Morgan fingerprint density at radius 2 is 1.88 bits per heavy atom. The number of hydrogen-bond acceptors (Lipinski definition) is 2. The van der Waals surface area contributed by atoms with Gasteiger partial charge in [-0.1, -0.05) is 0 Å². The summed E-state index contributed by atoms with van der Waals surface area (Å²) in [5.74, 6) is 0. The number of nitrogens with zero attached hydrogens (tertiary/aromatic N) is 1. The molecule has 0 aromatic carbocycles. The Bertz CT molecular complexity index is 537. The number of aromatic nitrogens is 1. The molecule has 1 aromatic heterocycles. The highest BCUT2D eigenvalue weighted by molar-refractivity contribution is 5.46. The predicted molar refractivity (Wildman–Crippen MR) is 48.8 cm³/mol. The quantitative estimate of drug-likeness (QED) is 0.735. The van der Waals surface area contributed by atoms with Gasteiger partial charge in [-0.3, -0.25) is 4.79 Å². The van der Waals surface area contributed by atoms with E-state index in [1.54, 1.807) is 11.1 Å². The minimum atomic E-state index is -4.57. The van der Waals surface area contributed by atoms with E-state index in [0.29, 0.717) is 12.8 Å². The third kappa shape index (κ3) is 1.48. The number of rotatable bonds is 0. The highest BCUT2D eigenvalue weighted by Gasteiger charge is 2.38. The maximum atomic E-state index is 12.6. The first kappa shape index (κ1) is 10.7. The van der Waals surface area contributed by atoms with Gasteiger partial charge in [-0.15, -0.1) is 0 Å². The molecule has 2 rings (SSSR count). The van der Waals surface area contributed by atoms with Crippen LogP contribution in [0, 0.1) is 11.3 Å². The zero-order valence-electron chi connectivity index (χ0n) is 8.11. The van der Waals surface area contributed by atoms with E-state index in [1.165, 1.54) is 0 Å². The first-order valence-corrected chi connectivity index (χ1v) is 4.70. The standard InChI is InChI=1S/C10H7F3N2O/c11-10(12,13)8-6-3-1-2-5(6)7(4-14)9(16)15-8/h1-3H2,(H,15,16). The minimum absolute atomic E-state index is 0.0728. The fraction of sp³-hybridized carbons (Fsp3) is 0.400. The summed E-state index contributed by atoms with van der Waals surface area (Å²) in [6.45, 7) is 0. The average molecular weight is 228 g/mol. The second-order valence-electron chi connectivity index (χ2n) is 3.62. The Hall–Kier alpha value is -1.77. The second kappa shape index (κ2) is 3.37. The summed E-state index contributed by atoms with van der Waals surface area (Å²) >= 11 is 0. The van der Waals surface area contributed by atoms with Crippen LogP contribution in [0.3, 0.4) is 0 Å². The number of aromatic amines is 1. The molecular weight excluding hydrogens is 221 g/mol. The molecule has 3 nitrogen and oxygen atoms in total. The molecule has 0 saturated heterocycles. The van der Waals surface area contributed by atoms with Crippen molar-refractivity contribution in [2.24, 2.45) is 0 Å². The van der Waals surface area contributed by atoms with Crippen molar-refractivity contribution < 1.29 is 13.2 Å². The molecule has 1 heterocycles. The summed E-state index contributed by atoms with van der Waals surface area (Å²) in [5.41, 5.74) is -1.79. The predicted octanol–water partition coefficient (Wildman–Crippen LogP) is 1.75. The van der Waals surface area contributed by atoms with Crippen molar-refractivity contribution in [2.45, 2.75) is 25.4 Å². The molecular formula is C10H7F3N2O. The van der Waals surface area contributed by atoms with Crippen molar-refractivity contribution in [3.8, 4) is 6.07 Å². The van der Waals surface area contributed by atoms with E-state index in [0.717, 1.165) is 0 Å². The van der Waals surface area contributed by atoms with Gasteiger partial charge in [0.2, 0.25) is 0 Å². The van der Waals surface area contributed by atoms with Gasteiger partial charge in [-0.05, 0) is 30.4 Å². The number of fused-ring (bicyclic) bond motifs is 1. The zero-order chi connectivity index (χ0) is 11.9. The third-order valence-electron chi connectivity index (χ3n) is 2.68. The lowest BCUT2D eigenvalue weighted by atomic mass is 10.0. The van der Waals surface area contributed by atoms with Crippen molar-refractivity contribution in [1.29, 1.82) is 5.26 Å². The van der Waals surface area contributed by atoms with Gasteiger partial charge in [0.1, 0.15) is 17.3 Å². The van der Waals surface area contributed by atoms with E-state index >= 15 is 0 Å². The summed E-state index contributed by atoms with van der Waals surface area (Å²) in [6.07, 6.45) is -3.40. The van der Waals surface area contributed by atoms with Crippen molar-refractivity contribution in [2.75, 3.05) is 0 Å². The molecule has 0 radical (unpaired) electrons. The maximum absolute atomic E-state index is 12.6. The summed E-state index contributed by atoms with van der Waals surface area (Å²) in [4.78, 5) is 13.1.